The molecule has 22 heavy (non-hydrogen) atoms. The van der Waals surface area contributed by atoms with Gasteiger partial charge in [-0.2, -0.15) is 0 Å². The van der Waals surface area contributed by atoms with Crippen molar-refractivity contribution in [3.05, 3.63) is 42.2 Å². The number of benzene rings is 1. The average Bonchev–Trinajstić information content (AvgIpc) is 2.56. The number of nitrogens with zero attached hydrogens (tertiary/aromatic N) is 2. The predicted octanol–water partition coefficient (Wildman–Crippen LogP) is 1.80. The van der Waals surface area contributed by atoms with E-state index in [9.17, 15) is 4.79 Å². The number of hydrogen-bond donors (Lipinski definition) is 2. The summed E-state index contributed by atoms with van der Waals surface area (Å²) in [5.41, 5.74) is 1.06. The van der Waals surface area contributed by atoms with Crippen LogP contribution in [-0.4, -0.2) is 43.2 Å². The molecule has 0 unspecified atom stereocenters. The van der Waals surface area contributed by atoms with Crippen LogP contribution in [0.1, 0.15) is 10.4 Å². The van der Waals surface area contributed by atoms with E-state index in [2.05, 4.69) is 20.6 Å². The van der Waals surface area contributed by atoms with Gasteiger partial charge in [-0.25, -0.2) is 9.97 Å². The Balaban J connectivity index is 1.94. The van der Waals surface area contributed by atoms with Crippen molar-refractivity contribution in [2.24, 2.45) is 0 Å². The van der Waals surface area contributed by atoms with E-state index in [0.29, 0.717) is 30.4 Å². The third-order valence-electron chi connectivity index (χ3n) is 2.85. The van der Waals surface area contributed by atoms with Gasteiger partial charge < -0.3 is 20.1 Å². The Morgan fingerprint density at radius 3 is 2.41 bits per heavy atom. The molecule has 0 spiro atoms. The lowest BCUT2D eigenvalue weighted by molar-refractivity contribution is 0.102. The molecule has 2 N–H and O–H groups in total. The minimum Gasteiger partial charge on any atom is -0.497 e. The quantitative estimate of drug-likeness (QED) is 0.759. The Bertz CT molecular complexity index is 599. The number of carbonyl (C=O) groups is 1. The standard InChI is InChI=1S/C15H18N4O3/c1-21-8-7-16-15-17-9-11(10-18-15)14(20)19-12-3-5-13(22-2)6-4-12/h3-6,9-10H,7-8H2,1-2H3,(H,19,20)(H,16,17,18). The third kappa shape index (κ3) is 4.42. The fourth-order valence-corrected chi connectivity index (χ4v) is 1.68. The van der Waals surface area contributed by atoms with Crippen LogP contribution in [0.4, 0.5) is 11.6 Å². The van der Waals surface area contributed by atoms with Crippen molar-refractivity contribution >= 4 is 17.5 Å². The van der Waals surface area contributed by atoms with E-state index < -0.39 is 0 Å². The molecular formula is C15H18N4O3. The molecule has 2 aromatic rings. The van der Waals surface area contributed by atoms with Gasteiger partial charge in [0.2, 0.25) is 5.95 Å². The predicted molar refractivity (Wildman–Crippen MR) is 83.3 cm³/mol. The number of amides is 1. The monoisotopic (exact) mass is 302 g/mol. The van der Waals surface area contributed by atoms with E-state index in [0.717, 1.165) is 5.75 Å². The first-order valence-corrected chi connectivity index (χ1v) is 6.73. The molecule has 1 aromatic heterocycles. The lowest BCUT2D eigenvalue weighted by Gasteiger charge is -2.07. The lowest BCUT2D eigenvalue weighted by Crippen LogP contribution is -2.14. The van der Waals surface area contributed by atoms with Crippen molar-refractivity contribution in [1.29, 1.82) is 0 Å². The zero-order valence-corrected chi connectivity index (χ0v) is 12.5. The van der Waals surface area contributed by atoms with Gasteiger partial charge in [-0.15, -0.1) is 0 Å². The summed E-state index contributed by atoms with van der Waals surface area (Å²) in [6, 6.07) is 7.07. The summed E-state index contributed by atoms with van der Waals surface area (Å²) in [4.78, 5) is 20.2. The topological polar surface area (TPSA) is 85.4 Å². The summed E-state index contributed by atoms with van der Waals surface area (Å²) in [6.45, 7) is 1.16. The highest BCUT2D eigenvalue weighted by molar-refractivity contribution is 6.03. The van der Waals surface area contributed by atoms with Crippen molar-refractivity contribution in [3.63, 3.8) is 0 Å². The summed E-state index contributed by atoms with van der Waals surface area (Å²) in [6.07, 6.45) is 2.95. The number of carbonyl (C=O) groups excluding carboxylic acids is 1. The van der Waals surface area contributed by atoms with E-state index in [4.69, 9.17) is 9.47 Å². The highest BCUT2D eigenvalue weighted by atomic mass is 16.5. The number of hydrogen-bond acceptors (Lipinski definition) is 6. The molecule has 0 radical (unpaired) electrons. The van der Waals surface area contributed by atoms with Crippen LogP contribution in [0, 0.1) is 0 Å². The van der Waals surface area contributed by atoms with E-state index in [1.54, 1.807) is 38.5 Å². The van der Waals surface area contributed by atoms with Gasteiger partial charge in [0.1, 0.15) is 5.75 Å². The largest absolute Gasteiger partial charge is 0.497 e. The highest BCUT2D eigenvalue weighted by Crippen LogP contribution is 2.15. The second-order valence-corrected chi connectivity index (χ2v) is 4.40. The molecule has 1 aromatic carbocycles. The average molecular weight is 302 g/mol. The van der Waals surface area contributed by atoms with E-state index in [-0.39, 0.29) is 5.91 Å². The molecule has 0 aliphatic heterocycles. The van der Waals surface area contributed by atoms with Crippen LogP contribution in [0.3, 0.4) is 0 Å². The Morgan fingerprint density at radius 1 is 1.14 bits per heavy atom. The zero-order valence-electron chi connectivity index (χ0n) is 12.5. The number of ether oxygens (including phenoxy) is 2. The molecule has 7 nitrogen and oxygen atoms in total. The Kier molecular flexibility index (Phi) is 5.67. The van der Waals surface area contributed by atoms with Crippen molar-refractivity contribution in [1.82, 2.24) is 9.97 Å². The van der Waals surface area contributed by atoms with Gasteiger partial charge in [-0.05, 0) is 24.3 Å². The molecule has 1 heterocycles. The van der Waals surface area contributed by atoms with Crippen LogP contribution < -0.4 is 15.4 Å². The summed E-state index contributed by atoms with van der Waals surface area (Å²) in [5, 5.41) is 5.75. The van der Waals surface area contributed by atoms with E-state index >= 15 is 0 Å². The molecule has 0 aliphatic carbocycles. The maximum Gasteiger partial charge on any atom is 0.258 e. The molecule has 7 heteroatoms. The molecular weight excluding hydrogens is 284 g/mol. The molecule has 0 fully saturated rings. The van der Waals surface area contributed by atoms with Gasteiger partial charge in [0.05, 0.1) is 19.3 Å². The lowest BCUT2D eigenvalue weighted by atomic mass is 10.2. The molecule has 0 aliphatic rings. The van der Waals surface area contributed by atoms with Gasteiger partial charge in [0.25, 0.3) is 5.91 Å². The number of nitrogens with one attached hydrogen (secondary N) is 2. The van der Waals surface area contributed by atoms with Crippen molar-refractivity contribution < 1.29 is 14.3 Å². The summed E-state index contributed by atoms with van der Waals surface area (Å²) in [5.74, 6) is 0.916. The van der Waals surface area contributed by atoms with E-state index in [1.165, 1.54) is 12.4 Å². The fraction of sp³-hybridized carbons (Fsp3) is 0.267. The maximum absolute atomic E-state index is 12.1. The Labute approximate surface area is 128 Å². The SMILES string of the molecule is COCCNc1ncc(C(=O)Nc2ccc(OC)cc2)cn1. The third-order valence-corrected chi connectivity index (χ3v) is 2.85. The number of methoxy groups -OCH3 is 2. The van der Waals surface area contributed by atoms with Gasteiger partial charge in [0.15, 0.2) is 0 Å². The minimum atomic E-state index is -0.270. The molecule has 1 amide bonds. The van der Waals surface area contributed by atoms with Crippen molar-refractivity contribution in [2.75, 3.05) is 38.0 Å². The van der Waals surface area contributed by atoms with Crippen LogP contribution >= 0.6 is 0 Å². The Hall–Kier alpha value is -2.67. The van der Waals surface area contributed by atoms with Crippen molar-refractivity contribution in [3.8, 4) is 5.75 Å². The van der Waals surface area contributed by atoms with Crippen LogP contribution in [0.2, 0.25) is 0 Å². The smallest absolute Gasteiger partial charge is 0.258 e. The van der Waals surface area contributed by atoms with Gasteiger partial charge >= 0.3 is 0 Å². The highest BCUT2D eigenvalue weighted by Gasteiger charge is 2.07. The molecule has 116 valence electrons. The molecule has 0 bridgehead atoms. The van der Waals surface area contributed by atoms with Gasteiger partial charge in [-0.3, -0.25) is 4.79 Å². The van der Waals surface area contributed by atoms with Gasteiger partial charge in [0, 0.05) is 31.7 Å². The summed E-state index contributed by atoms with van der Waals surface area (Å²) >= 11 is 0. The number of aromatic nitrogens is 2. The normalized spacial score (nSPS) is 10.1. The maximum atomic E-state index is 12.1. The summed E-state index contributed by atoms with van der Waals surface area (Å²) < 4.78 is 9.98. The minimum absolute atomic E-state index is 0.270. The Morgan fingerprint density at radius 2 is 1.82 bits per heavy atom. The first-order valence-electron chi connectivity index (χ1n) is 6.73. The van der Waals surface area contributed by atoms with Crippen LogP contribution in [-0.2, 0) is 4.74 Å². The molecule has 0 saturated heterocycles. The van der Waals surface area contributed by atoms with Crippen molar-refractivity contribution in [2.45, 2.75) is 0 Å². The van der Waals surface area contributed by atoms with Crippen LogP contribution in [0.5, 0.6) is 5.75 Å². The van der Waals surface area contributed by atoms with Gasteiger partial charge in [-0.1, -0.05) is 0 Å². The first kappa shape index (κ1) is 15.7. The van der Waals surface area contributed by atoms with Crippen LogP contribution in [0.15, 0.2) is 36.7 Å². The second-order valence-electron chi connectivity index (χ2n) is 4.40. The number of rotatable bonds is 7. The second kappa shape index (κ2) is 7.94. The number of anilines is 2. The summed E-state index contributed by atoms with van der Waals surface area (Å²) in [7, 11) is 3.21. The molecule has 0 atom stereocenters. The van der Waals surface area contributed by atoms with Crippen LogP contribution in [0.25, 0.3) is 0 Å². The first-order chi connectivity index (χ1) is 10.7. The fourth-order valence-electron chi connectivity index (χ4n) is 1.68. The zero-order chi connectivity index (χ0) is 15.8. The molecule has 0 saturated carbocycles. The van der Waals surface area contributed by atoms with E-state index in [1.807, 2.05) is 0 Å². The molecule has 2 rings (SSSR count).